The van der Waals surface area contributed by atoms with Gasteiger partial charge in [0, 0.05) is 6.42 Å². The van der Waals surface area contributed by atoms with Crippen LogP contribution >= 0.6 is 0 Å². The Kier molecular flexibility index (Phi) is 4.54. The first-order chi connectivity index (χ1) is 12.4. The monoisotopic (exact) mass is 349 g/mol. The van der Waals surface area contributed by atoms with Gasteiger partial charge in [-0.15, -0.1) is 0 Å². The zero-order chi connectivity index (χ0) is 18.7. The Balaban J connectivity index is 2.33. The van der Waals surface area contributed by atoms with Crippen molar-refractivity contribution < 1.29 is 20.1 Å². The van der Waals surface area contributed by atoms with E-state index in [1.807, 2.05) is 0 Å². The van der Waals surface area contributed by atoms with E-state index in [-0.39, 0.29) is 23.7 Å². The Bertz CT molecular complexity index is 789. The highest BCUT2D eigenvalue weighted by atomic mass is 16.3. The third-order valence-electron chi connectivity index (χ3n) is 4.52. The molecule has 0 unspecified atom stereocenters. The fourth-order valence-corrected chi connectivity index (χ4v) is 3.31. The molecule has 26 heavy (non-hydrogen) atoms. The molecule has 0 aromatic heterocycles. The maximum Gasteiger partial charge on any atom is 0.218 e. The van der Waals surface area contributed by atoms with E-state index < -0.39 is 11.3 Å². The summed E-state index contributed by atoms with van der Waals surface area (Å²) in [5.74, 6) is -0.173. The summed E-state index contributed by atoms with van der Waals surface area (Å²) in [5.41, 5.74) is 6.93. The van der Waals surface area contributed by atoms with Gasteiger partial charge in [-0.3, -0.25) is 4.79 Å². The van der Waals surface area contributed by atoms with Crippen LogP contribution in [0.3, 0.4) is 0 Å². The number of phenolic OH excluding ortho intramolecular Hbond substituents is 3. The summed E-state index contributed by atoms with van der Waals surface area (Å²) in [6.45, 7) is 0. The minimum absolute atomic E-state index is 0.0205. The third-order valence-corrected chi connectivity index (χ3v) is 4.52. The summed E-state index contributed by atoms with van der Waals surface area (Å²) in [4.78, 5) is 12.0. The van der Waals surface area contributed by atoms with Gasteiger partial charge in [-0.1, -0.05) is 36.4 Å². The van der Waals surface area contributed by atoms with Crippen LogP contribution in [0.25, 0.3) is 0 Å². The van der Waals surface area contributed by atoms with Crippen molar-refractivity contribution in [2.75, 3.05) is 0 Å². The van der Waals surface area contributed by atoms with Crippen LogP contribution in [0, 0.1) is 0 Å². The molecule has 0 heterocycles. The van der Waals surface area contributed by atoms with Gasteiger partial charge in [-0.25, -0.2) is 0 Å². The second-order valence-electron chi connectivity index (χ2n) is 6.19. The van der Waals surface area contributed by atoms with Gasteiger partial charge in [-0.05, 0) is 53.1 Å². The van der Waals surface area contributed by atoms with Crippen molar-refractivity contribution in [2.45, 2.75) is 11.8 Å². The number of hydrogen-bond acceptors (Lipinski definition) is 4. The normalized spacial score (nSPS) is 11.2. The van der Waals surface area contributed by atoms with Gasteiger partial charge in [0.15, 0.2) is 0 Å². The number of phenols is 3. The van der Waals surface area contributed by atoms with Crippen LogP contribution in [-0.2, 0) is 10.2 Å². The molecule has 0 aliphatic rings. The summed E-state index contributed by atoms with van der Waals surface area (Å²) in [7, 11) is 0. The van der Waals surface area contributed by atoms with Crippen molar-refractivity contribution in [3.63, 3.8) is 0 Å². The van der Waals surface area contributed by atoms with Crippen molar-refractivity contribution in [3.05, 3.63) is 89.5 Å². The molecule has 0 saturated heterocycles. The Labute approximate surface area is 151 Å². The molecule has 0 aliphatic heterocycles. The molecule has 0 saturated carbocycles. The third kappa shape index (κ3) is 3.19. The largest absolute Gasteiger partial charge is 0.508 e. The summed E-state index contributed by atoms with van der Waals surface area (Å²) in [6, 6.07) is 19.7. The van der Waals surface area contributed by atoms with Crippen molar-refractivity contribution in [1.82, 2.24) is 0 Å². The van der Waals surface area contributed by atoms with Crippen LogP contribution in [0.1, 0.15) is 23.1 Å². The lowest BCUT2D eigenvalue weighted by atomic mass is 9.67. The molecule has 3 aromatic carbocycles. The van der Waals surface area contributed by atoms with Crippen LogP contribution < -0.4 is 5.73 Å². The standard InChI is InChI=1S/C21H19NO4/c22-20(26)13-21(14-1-7-17(23)8-2-14,15-3-9-18(24)10-4-15)16-5-11-19(25)12-6-16/h1-12,23-25H,13H2,(H2,22,26). The van der Waals surface area contributed by atoms with E-state index in [1.54, 1.807) is 72.8 Å². The minimum Gasteiger partial charge on any atom is -0.508 e. The number of carbonyl (C=O) groups is 1. The molecular formula is C21H19NO4. The average Bonchev–Trinajstić information content (AvgIpc) is 2.62. The molecule has 0 fully saturated rings. The van der Waals surface area contributed by atoms with Gasteiger partial charge < -0.3 is 21.1 Å². The van der Waals surface area contributed by atoms with Crippen molar-refractivity contribution in [1.29, 1.82) is 0 Å². The summed E-state index contributed by atoms with van der Waals surface area (Å²) >= 11 is 0. The molecule has 3 aromatic rings. The highest BCUT2D eigenvalue weighted by Gasteiger charge is 2.38. The van der Waals surface area contributed by atoms with Crippen molar-refractivity contribution in [2.24, 2.45) is 5.73 Å². The predicted molar refractivity (Wildman–Crippen MR) is 98.0 cm³/mol. The van der Waals surface area contributed by atoms with Crippen molar-refractivity contribution in [3.8, 4) is 17.2 Å². The Morgan fingerprint density at radius 3 is 1.15 bits per heavy atom. The molecule has 0 atom stereocenters. The van der Waals surface area contributed by atoms with Gasteiger partial charge in [0.25, 0.3) is 0 Å². The number of hydrogen-bond donors (Lipinski definition) is 4. The highest BCUT2D eigenvalue weighted by Crippen LogP contribution is 2.43. The number of nitrogens with two attached hydrogens (primary N) is 1. The smallest absolute Gasteiger partial charge is 0.218 e. The predicted octanol–water partition coefficient (Wildman–Crippen LogP) is 3.01. The summed E-state index contributed by atoms with van der Waals surface area (Å²) in [5, 5.41) is 29.0. The number of carbonyl (C=O) groups excluding carboxylic acids is 1. The van der Waals surface area contributed by atoms with Crippen LogP contribution in [0.2, 0.25) is 0 Å². The van der Waals surface area contributed by atoms with Crippen LogP contribution in [-0.4, -0.2) is 21.2 Å². The maximum absolute atomic E-state index is 12.0. The van der Waals surface area contributed by atoms with E-state index in [4.69, 9.17) is 5.73 Å². The summed E-state index contributed by atoms with van der Waals surface area (Å²) in [6.07, 6.45) is -0.0205. The number of rotatable bonds is 5. The number of primary amides is 1. The lowest BCUT2D eigenvalue weighted by molar-refractivity contribution is -0.118. The Morgan fingerprint density at radius 1 is 0.654 bits per heavy atom. The molecule has 0 bridgehead atoms. The fraction of sp³-hybridized carbons (Fsp3) is 0.0952. The van der Waals surface area contributed by atoms with Gasteiger partial charge in [0.2, 0.25) is 5.91 Å². The first-order valence-electron chi connectivity index (χ1n) is 8.08. The molecule has 5 nitrogen and oxygen atoms in total. The molecule has 0 spiro atoms. The number of aromatic hydroxyl groups is 3. The average molecular weight is 349 g/mol. The zero-order valence-corrected chi connectivity index (χ0v) is 14.0. The molecule has 5 heteroatoms. The molecule has 5 N–H and O–H groups in total. The van der Waals surface area contributed by atoms with Gasteiger partial charge in [0.1, 0.15) is 17.2 Å². The number of amides is 1. The van der Waals surface area contributed by atoms with E-state index in [1.165, 1.54) is 0 Å². The first kappa shape index (κ1) is 17.4. The molecular weight excluding hydrogens is 330 g/mol. The lowest BCUT2D eigenvalue weighted by Gasteiger charge is -2.35. The maximum atomic E-state index is 12.0. The molecule has 132 valence electrons. The van der Waals surface area contributed by atoms with Gasteiger partial charge in [-0.2, -0.15) is 0 Å². The second-order valence-corrected chi connectivity index (χ2v) is 6.19. The van der Waals surface area contributed by atoms with Crippen LogP contribution in [0.4, 0.5) is 0 Å². The number of benzene rings is 3. The zero-order valence-electron chi connectivity index (χ0n) is 14.0. The Hall–Kier alpha value is -3.47. The van der Waals surface area contributed by atoms with Crippen LogP contribution in [0.5, 0.6) is 17.2 Å². The van der Waals surface area contributed by atoms with E-state index in [9.17, 15) is 20.1 Å². The fourth-order valence-electron chi connectivity index (χ4n) is 3.31. The van der Waals surface area contributed by atoms with Crippen molar-refractivity contribution >= 4 is 5.91 Å². The highest BCUT2D eigenvalue weighted by molar-refractivity contribution is 5.78. The van der Waals surface area contributed by atoms with Gasteiger partial charge >= 0.3 is 0 Å². The van der Waals surface area contributed by atoms with E-state index in [0.29, 0.717) is 0 Å². The van der Waals surface area contributed by atoms with Crippen LogP contribution in [0.15, 0.2) is 72.8 Å². The molecule has 0 radical (unpaired) electrons. The lowest BCUT2D eigenvalue weighted by Crippen LogP contribution is -2.34. The summed E-state index contributed by atoms with van der Waals surface area (Å²) < 4.78 is 0. The molecule has 1 amide bonds. The Morgan fingerprint density at radius 2 is 0.923 bits per heavy atom. The molecule has 3 rings (SSSR count). The topological polar surface area (TPSA) is 104 Å². The van der Waals surface area contributed by atoms with Gasteiger partial charge in [0.05, 0.1) is 5.41 Å². The first-order valence-corrected chi connectivity index (χ1v) is 8.08. The van der Waals surface area contributed by atoms with E-state index in [0.717, 1.165) is 16.7 Å². The van der Waals surface area contributed by atoms with E-state index >= 15 is 0 Å². The quantitative estimate of drug-likeness (QED) is 0.532. The van der Waals surface area contributed by atoms with E-state index in [2.05, 4.69) is 0 Å². The SMILES string of the molecule is NC(=O)CC(c1ccc(O)cc1)(c1ccc(O)cc1)c1ccc(O)cc1. The minimum atomic E-state index is -0.930. The second kappa shape index (κ2) is 6.80. The molecule has 0 aliphatic carbocycles.